The number of aromatic nitrogens is 4. The normalized spacial score (nSPS) is 12.1. The van der Waals surface area contributed by atoms with Gasteiger partial charge >= 0.3 is 5.69 Å². The third kappa shape index (κ3) is 3.61. The van der Waals surface area contributed by atoms with Crippen LogP contribution in [0.3, 0.4) is 0 Å². The van der Waals surface area contributed by atoms with Crippen molar-refractivity contribution in [3.63, 3.8) is 0 Å². The number of nitrogens with one attached hydrogen (secondary N) is 1. The second kappa shape index (κ2) is 7.32. The predicted molar refractivity (Wildman–Crippen MR) is 99.2 cm³/mol. The number of aryl methyl sites for hydroxylation is 2. The Hall–Kier alpha value is -3.00. The first-order valence-electron chi connectivity index (χ1n) is 8.10. The van der Waals surface area contributed by atoms with Crippen LogP contribution in [0.1, 0.15) is 22.7 Å². The first-order chi connectivity index (χ1) is 12.8. The van der Waals surface area contributed by atoms with Gasteiger partial charge in [0.15, 0.2) is 5.65 Å². The molecule has 0 radical (unpaired) electrons. The van der Waals surface area contributed by atoms with Gasteiger partial charge in [-0.05, 0) is 37.1 Å². The zero-order valence-electron chi connectivity index (χ0n) is 14.7. The molecule has 0 aliphatic rings. The van der Waals surface area contributed by atoms with Gasteiger partial charge in [-0.25, -0.2) is 13.9 Å². The summed E-state index contributed by atoms with van der Waals surface area (Å²) in [5, 5.41) is 10.9. The van der Waals surface area contributed by atoms with Gasteiger partial charge in [0, 0.05) is 5.56 Å². The molecule has 2 heterocycles. The molecule has 3 aromatic rings. The molecule has 1 amide bonds. The smallest absolute Gasteiger partial charge is 0.344 e. The zero-order valence-corrected chi connectivity index (χ0v) is 15.5. The summed E-state index contributed by atoms with van der Waals surface area (Å²) in [5.41, 5.74) is 2.06. The van der Waals surface area contributed by atoms with E-state index >= 15 is 0 Å². The largest absolute Gasteiger partial charge is 0.367 e. The molecule has 0 aliphatic carbocycles. The van der Waals surface area contributed by atoms with Gasteiger partial charge in [0.05, 0.1) is 17.3 Å². The van der Waals surface area contributed by atoms with E-state index in [4.69, 9.17) is 11.6 Å². The van der Waals surface area contributed by atoms with Gasteiger partial charge in [-0.2, -0.15) is 9.61 Å². The lowest BCUT2D eigenvalue weighted by Crippen LogP contribution is -2.34. The standard InChI is InChI=1S/C18H17ClFN5O2/c1-4-15(12-5-6-13(19)14(20)7-12)22-16(26)9-24-18(27)25-17(23-24)11(3)10(2)8-21-25/h4-8,15H,1,9H2,2-3H3,(H,22,26)/t15-/m0/s1. The number of rotatable bonds is 5. The van der Waals surface area contributed by atoms with Gasteiger partial charge in [0.1, 0.15) is 12.4 Å². The predicted octanol–water partition coefficient (Wildman–Crippen LogP) is 2.34. The zero-order chi connectivity index (χ0) is 19.7. The Morgan fingerprint density at radius 1 is 1.44 bits per heavy atom. The summed E-state index contributed by atoms with van der Waals surface area (Å²) in [6, 6.07) is 3.57. The molecule has 0 aliphatic heterocycles. The molecule has 3 rings (SSSR count). The van der Waals surface area contributed by atoms with Gasteiger partial charge in [-0.15, -0.1) is 11.7 Å². The summed E-state index contributed by atoms with van der Waals surface area (Å²) in [6.45, 7) is 7.04. The van der Waals surface area contributed by atoms with Gasteiger partial charge in [-0.1, -0.05) is 23.7 Å². The van der Waals surface area contributed by atoms with Crippen molar-refractivity contribution in [2.24, 2.45) is 0 Å². The topological polar surface area (TPSA) is 81.3 Å². The summed E-state index contributed by atoms with van der Waals surface area (Å²) < 4.78 is 15.8. The maximum Gasteiger partial charge on any atom is 0.367 e. The van der Waals surface area contributed by atoms with Crippen molar-refractivity contribution >= 4 is 23.2 Å². The fourth-order valence-electron chi connectivity index (χ4n) is 2.60. The summed E-state index contributed by atoms with van der Waals surface area (Å²) >= 11 is 5.68. The van der Waals surface area contributed by atoms with E-state index in [0.717, 1.165) is 20.3 Å². The molecule has 27 heavy (non-hydrogen) atoms. The first-order valence-corrected chi connectivity index (χ1v) is 8.48. The summed E-state index contributed by atoms with van der Waals surface area (Å²) in [6.07, 6.45) is 3.03. The number of amides is 1. The fraction of sp³-hybridized carbons (Fsp3) is 0.222. The van der Waals surface area contributed by atoms with Gasteiger partial charge in [-0.3, -0.25) is 4.79 Å². The van der Waals surface area contributed by atoms with E-state index in [1.807, 2.05) is 13.8 Å². The minimum absolute atomic E-state index is 0.0118. The molecule has 1 atom stereocenters. The van der Waals surface area contributed by atoms with Crippen LogP contribution in [0.4, 0.5) is 4.39 Å². The Balaban J connectivity index is 1.82. The van der Waals surface area contributed by atoms with Crippen molar-refractivity contribution in [2.45, 2.75) is 26.4 Å². The van der Waals surface area contributed by atoms with E-state index in [9.17, 15) is 14.0 Å². The number of benzene rings is 1. The lowest BCUT2D eigenvalue weighted by Gasteiger charge is -2.15. The molecule has 0 saturated heterocycles. The second-order valence-electron chi connectivity index (χ2n) is 6.08. The summed E-state index contributed by atoms with van der Waals surface area (Å²) in [7, 11) is 0. The number of carbonyl (C=O) groups excluding carboxylic acids is 1. The van der Waals surface area contributed by atoms with E-state index in [-0.39, 0.29) is 11.6 Å². The van der Waals surface area contributed by atoms with Gasteiger partial charge < -0.3 is 5.32 Å². The van der Waals surface area contributed by atoms with Gasteiger partial charge in [0.25, 0.3) is 0 Å². The highest BCUT2D eigenvalue weighted by atomic mass is 35.5. The molecule has 0 spiro atoms. The van der Waals surface area contributed by atoms with Crippen LogP contribution in [0.2, 0.25) is 5.02 Å². The summed E-state index contributed by atoms with van der Waals surface area (Å²) in [4.78, 5) is 24.8. The highest BCUT2D eigenvalue weighted by molar-refractivity contribution is 6.30. The van der Waals surface area contributed by atoms with Crippen molar-refractivity contribution in [3.8, 4) is 0 Å². The van der Waals surface area contributed by atoms with Crippen LogP contribution >= 0.6 is 11.6 Å². The molecule has 2 aromatic heterocycles. The van der Waals surface area contributed by atoms with E-state index in [1.165, 1.54) is 18.2 Å². The lowest BCUT2D eigenvalue weighted by molar-refractivity contribution is -0.122. The molecule has 0 saturated carbocycles. The molecule has 0 fully saturated rings. The summed E-state index contributed by atoms with van der Waals surface area (Å²) in [5.74, 6) is -1.07. The van der Waals surface area contributed by atoms with Crippen LogP contribution in [0.25, 0.3) is 5.65 Å². The molecular formula is C18H17ClFN5O2. The second-order valence-corrected chi connectivity index (χ2v) is 6.49. The lowest BCUT2D eigenvalue weighted by atomic mass is 10.1. The number of carbonyl (C=O) groups is 1. The minimum Gasteiger partial charge on any atom is -0.344 e. The molecule has 1 aromatic carbocycles. The average molecular weight is 390 g/mol. The Kier molecular flexibility index (Phi) is 5.09. The molecule has 9 heteroatoms. The number of hydrogen-bond donors (Lipinski definition) is 1. The minimum atomic E-state index is -0.640. The quantitative estimate of drug-likeness (QED) is 0.679. The van der Waals surface area contributed by atoms with Crippen LogP contribution < -0.4 is 11.0 Å². The van der Waals surface area contributed by atoms with E-state index in [2.05, 4.69) is 22.1 Å². The third-order valence-corrected chi connectivity index (χ3v) is 4.57. The highest BCUT2D eigenvalue weighted by Crippen LogP contribution is 2.21. The Bertz CT molecular complexity index is 1110. The number of nitrogens with zero attached hydrogens (tertiary/aromatic N) is 4. The molecule has 1 N–H and O–H groups in total. The Labute approximate surface area is 159 Å². The molecule has 140 valence electrons. The highest BCUT2D eigenvalue weighted by Gasteiger charge is 2.17. The van der Waals surface area contributed by atoms with Crippen LogP contribution in [0.5, 0.6) is 0 Å². The fourth-order valence-corrected chi connectivity index (χ4v) is 2.71. The third-order valence-electron chi connectivity index (χ3n) is 4.26. The van der Waals surface area contributed by atoms with Crippen molar-refractivity contribution in [1.82, 2.24) is 24.7 Å². The van der Waals surface area contributed by atoms with Gasteiger partial charge in [0.2, 0.25) is 5.91 Å². The Morgan fingerprint density at radius 3 is 2.85 bits per heavy atom. The van der Waals surface area contributed by atoms with Crippen LogP contribution in [-0.4, -0.2) is 25.3 Å². The van der Waals surface area contributed by atoms with E-state index in [0.29, 0.717) is 11.2 Å². The van der Waals surface area contributed by atoms with E-state index < -0.39 is 23.5 Å². The molecule has 0 unspecified atom stereocenters. The van der Waals surface area contributed by atoms with Crippen molar-refractivity contribution in [1.29, 1.82) is 0 Å². The maximum absolute atomic E-state index is 13.7. The monoisotopic (exact) mass is 389 g/mol. The first kappa shape index (κ1) is 18.8. The number of hydrogen-bond acceptors (Lipinski definition) is 4. The molecular weight excluding hydrogens is 373 g/mol. The average Bonchev–Trinajstić information content (AvgIpc) is 2.95. The SMILES string of the molecule is C=C[C@H](NC(=O)Cn1nc2c(C)c(C)cnn2c1=O)c1ccc(Cl)c(F)c1. The van der Waals surface area contributed by atoms with Crippen LogP contribution in [-0.2, 0) is 11.3 Å². The number of fused-ring (bicyclic) bond motifs is 1. The van der Waals surface area contributed by atoms with Crippen molar-refractivity contribution < 1.29 is 9.18 Å². The molecule has 7 nitrogen and oxygen atoms in total. The van der Waals surface area contributed by atoms with Crippen LogP contribution in [0, 0.1) is 19.7 Å². The molecule has 0 bridgehead atoms. The number of halogens is 2. The maximum atomic E-state index is 13.7. The Morgan fingerprint density at radius 2 is 2.19 bits per heavy atom. The van der Waals surface area contributed by atoms with Crippen LogP contribution in [0.15, 0.2) is 41.8 Å². The van der Waals surface area contributed by atoms with E-state index in [1.54, 1.807) is 12.3 Å². The van der Waals surface area contributed by atoms with Crippen molar-refractivity contribution in [3.05, 3.63) is 75.1 Å². The van der Waals surface area contributed by atoms with Crippen molar-refractivity contribution in [2.75, 3.05) is 0 Å².